The highest BCUT2D eigenvalue weighted by Crippen LogP contribution is 2.40. The van der Waals surface area contributed by atoms with E-state index in [9.17, 15) is 0 Å². The van der Waals surface area contributed by atoms with Crippen LogP contribution in [0.5, 0.6) is 0 Å². The molecule has 0 aliphatic heterocycles. The third-order valence-electron chi connectivity index (χ3n) is 11.5. The average molecular weight is 794 g/mol. The van der Waals surface area contributed by atoms with Gasteiger partial charge in [-0.05, 0) is 66.6 Å². The number of hydrogen-bond acceptors (Lipinski definition) is 4. The van der Waals surface area contributed by atoms with Gasteiger partial charge in [0.15, 0.2) is 11.6 Å². The number of nitrogens with zero attached hydrogens (tertiary/aromatic N) is 5. The zero-order valence-corrected chi connectivity index (χ0v) is 34.0. The minimum absolute atomic E-state index is 0.604. The maximum atomic E-state index is 5.39. The molecule has 3 aromatic heterocycles. The predicted octanol–water partition coefficient (Wildman–Crippen LogP) is 14.3. The summed E-state index contributed by atoms with van der Waals surface area (Å²) in [4.78, 5) is 21.3. The van der Waals surface area contributed by atoms with Crippen LogP contribution >= 0.6 is 0 Å². The molecule has 11 rings (SSSR count). The summed E-state index contributed by atoms with van der Waals surface area (Å²) in [6.45, 7) is 2.14. The summed E-state index contributed by atoms with van der Waals surface area (Å²) in [5.41, 5.74) is 15.9. The molecule has 0 saturated heterocycles. The number of benzene rings is 8. The van der Waals surface area contributed by atoms with Gasteiger partial charge in [-0.15, -0.1) is 0 Å². The van der Waals surface area contributed by atoms with E-state index in [1.807, 2.05) is 48.5 Å². The van der Waals surface area contributed by atoms with Crippen molar-refractivity contribution in [3.8, 4) is 84.6 Å². The molecule has 0 saturated carbocycles. The second-order valence-electron chi connectivity index (χ2n) is 15.6. The molecule has 0 bridgehead atoms. The van der Waals surface area contributed by atoms with Crippen molar-refractivity contribution in [1.82, 2.24) is 24.5 Å². The first-order valence-corrected chi connectivity index (χ1v) is 20.9. The van der Waals surface area contributed by atoms with Crippen molar-refractivity contribution in [2.75, 3.05) is 0 Å². The van der Waals surface area contributed by atoms with Crippen LogP contribution < -0.4 is 0 Å². The van der Waals surface area contributed by atoms with E-state index in [0.717, 1.165) is 72.9 Å². The summed E-state index contributed by atoms with van der Waals surface area (Å²) < 4.78 is 2.36. The Bertz CT molecular complexity index is 3280. The molecule has 0 aliphatic carbocycles. The van der Waals surface area contributed by atoms with E-state index in [0.29, 0.717) is 11.6 Å². The molecule has 3 heterocycles. The van der Waals surface area contributed by atoms with Gasteiger partial charge < -0.3 is 4.57 Å². The highest BCUT2D eigenvalue weighted by molar-refractivity contribution is 6.11. The van der Waals surface area contributed by atoms with Gasteiger partial charge in [-0.1, -0.05) is 175 Å². The summed E-state index contributed by atoms with van der Waals surface area (Å²) in [6, 6.07) is 76.1. The van der Waals surface area contributed by atoms with Gasteiger partial charge in [0.1, 0.15) is 0 Å². The van der Waals surface area contributed by atoms with Gasteiger partial charge in [-0.2, -0.15) is 0 Å². The Morgan fingerprint density at radius 1 is 0.306 bits per heavy atom. The largest absolute Gasteiger partial charge is 0.309 e. The molecular formula is C57H39N5. The molecule has 5 nitrogen and oxygen atoms in total. The van der Waals surface area contributed by atoms with Crippen molar-refractivity contribution in [2.45, 2.75) is 6.92 Å². The maximum Gasteiger partial charge on any atom is 0.162 e. The van der Waals surface area contributed by atoms with Crippen LogP contribution in [-0.4, -0.2) is 24.5 Å². The first-order valence-electron chi connectivity index (χ1n) is 20.9. The quantitative estimate of drug-likeness (QED) is 0.154. The van der Waals surface area contributed by atoms with Gasteiger partial charge in [0.05, 0.1) is 39.5 Å². The van der Waals surface area contributed by atoms with Gasteiger partial charge in [0, 0.05) is 44.2 Å². The summed E-state index contributed by atoms with van der Waals surface area (Å²) in [5, 5.41) is 2.34. The SMILES string of the molecule is Cc1cccc(-c2ccc3c(c2)c2ccccc2n3-c2ccc(-c3nc(-c4ccccc4)cc(-c4ccccc4)n3)cc2-c2nc(-c3ccccc3)cc(-c3ccccc3)n2)c1. The first kappa shape index (κ1) is 36.8. The molecule has 0 aliphatic rings. The molecule has 0 fully saturated rings. The number of fused-ring (bicyclic) bond motifs is 3. The molecule has 8 aromatic carbocycles. The third kappa shape index (κ3) is 6.91. The molecule has 0 atom stereocenters. The van der Waals surface area contributed by atoms with Crippen LogP contribution in [0.3, 0.4) is 0 Å². The minimum atomic E-state index is 0.604. The molecule has 292 valence electrons. The Morgan fingerprint density at radius 2 is 0.758 bits per heavy atom. The highest BCUT2D eigenvalue weighted by atomic mass is 15.0. The molecular weight excluding hydrogens is 755 g/mol. The molecule has 11 aromatic rings. The monoisotopic (exact) mass is 793 g/mol. The Balaban J connectivity index is 1.19. The zero-order valence-electron chi connectivity index (χ0n) is 34.0. The number of hydrogen-bond donors (Lipinski definition) is 0. The van der Waals surface area contributed by atoms with Crippen molar-refractivity contribution in [2.24, 2.45) is 0 Å². The van der Waals surface area contributed by atoms with E-state index in [2.05, 4.69) is 181 Å². The number of aromatic nitrogens is 5. The van der Waals surface area contributed by atoms with Gasteiger partial charge in [-0.3, -0.25) is 0 Å². The fraction of sp³-hybridized carbons (Fsp3) is 0.0175. The van der Waals surface area contributed by atoms with Crippen molar-refractivity contribution in [1.29, 1.82) is 0 Å². The van der Waals surface area contributed by atoms with Crippen molar-refractivity contribution >= 4 is 21.8 Å². The van der Waals surface area contributed by atoms with E-state index < -0.39 is 0 Å². The standard InChI is InChI=1S/C57H39N5/c1-38-17-16-26-43(33-38)44-29-31-54-47(34-44)46-27-14-15-28-53(46)62(54)55-32-30-45(56-58-49(39-18-6-2-7-19-39)36-50(59-56)40-20-8-3-9-21-40)35-48(55)57-60-51(41-22-10-4-11-23-41)37-52(61-57)42-24-12-5-13-25-42/h2-37H,1H3. The lowest BCUT2D eigenvalue weighted by Crippen LogP contribution is -2.03. The lowest BCUT2D eigenvalue weighted by Gasteiger charge is -2.17. The van der Waals surface area contributed by atoms with Crippen LogP contribution in [0.2, 0.25) is 0 Å². The van der Waals surface area contributed by atoms with Crippen LogP contribution in [-0.2, 0) is 0 Å². The Labute approximate surface area is 360 Å². The average Bonchev–Trinajstić information content (AvgIpc) is 3.68. The molecule has 5 heteroatoms. The molecule has 0 spiro atoms. The molecule has 0 unspecified atom stereocenters. The third-order valence-corrected chi connectivity index (χ3v) is 11.5. The van der Waals surface area contributed by atoms with Crippen molar-refractivity contribution in [3.05, 3.63) is 224 Å². The zero-order chi connectivity index (χ0) is 41.4. The van der Waals surface area contributed by atoms with Crippen LogP contribution in [0.1, 0.15) is 5.56 Å². The molecule has 0 N–H and O–H groups in total. The van der Waals surface area contributed by atoms with Gasteiger partial charge in [0.25, 0.3) is 0 Å². The van der Waals surface area contributed by atoms with Crippen LogP contribution in [0, 0.1) is 6.92 Å². The van der Waals surface area contributed by atoms with Gasteiger partial charge in [-0.25, -0.2) is 19.9 Å². The van der Waals surface area contributed by atoms with E-state index in [1.54, 1.807) is 0 Å². The fourth-order valence-electron chi connectivity index (χ4n) is 8.46. The molecule has 0 amide bonds. The lowest BCUT2D eigenvalue weighted by atomic mass is 10.0. The van der Waals surface area contributed by atoms with Crippen molar-refractivity contribution in [3.63, 3.8) is 0 Å². The van der Waals surface area contributed by atoms with E-state index in [4.69, 9.17) is 19.9 Å². The summed E-state index contributed by atoms with van der Waals surface area (Å²) in [5.74, 6) is 1.22. The molecule has 0 radical (unpaired) electrons. The Kier molecular flexibility index (Phi) is 9.32. The predicted molar refractivity (Wildman–Crippen MR) is 255 cm³/mol. The topological polar surface area (TPSA) is 56.5 Å². The smallest absolute Gasteiger partial charge is 0.162 e. The second-order valence-corrected chi connectivity index (χ2v) is 15.6. The second kappa shape index (κ2) is 15.7. The lowest BCUT2D eigenvalue weighted by molar-refractivity contribution is 1.13. The van der Waals surface area contributed by atoms with Crippen LogP contribution in [0.4, 0.5) is 0 Å². The van der Waals surface area contributed by atoms with Gasteiger partial charge in [0.2, 0.25) is 0 Å². The minimum Gasteiger partial charge on any atom is -0.309 e. The van der Waals surface area contributed by atoms with Crippen LogP contribution in [0.15, 0.2) is 218 Å². The Hall–Kier alpha value is -8.28. The summed E-state index contributed by atoms with van der Waals surface area (Å²) in [6.07, 6.45) is 0. The normalized spacial score (nSPS) is 11.3. The number of rotatable bonds is 8. The van der Waals surface area contributed by atoms with Crippen molar-refractivity contribution < 1.29 is 0 Å². The van der Waals surface area contributed by atoms with Gasteiger partial charge >= 0.3 is 0 Å². The molecule has 62 heavy (non-hydrogen) atoms. The first-order chi connectivity index (χ1) is 30.6. The van der Waals surface area contributed by atoms with E-state index in [1.165, 1.54) is 27.5 Å². The highest BCUT2D eigenvalue weighted by Gasteiger charge is 2.21. The van der Waals surface area contributed by atoms with Crippen LogP contribution in [0.25, 0.3) is 106 Å². The fourth-order valence-corrected chi connectivity index (χ4v) is 8.46. The number of para-hydroxylation sites is 1. The Morgan fingerprint density at radius 3 is 1.31 bits per heavy atom. The van der Waals surface area contributed by atoms with E-state index in [-0.39, 0.29) is 0 Å². The summed E-state index contributed by atoms with van der Waals surface area (Å²) in [7, 11) is 0. The van der Waals surface area contributed by atoms with E-state index >= 15 is 0 Å². The summed E-state index contributed by atoms with van der Waals surface area (Å²) >= 11 is 0. The maximum absolute atomic E-state index is 5.39. The number of aryl methyl sites for hydroxylation is 1.